The van der Waals surface area contributed by atoms with Crippen molar-refractivity contribution >= 4 is 46.8 Å². The molecular weight excluding hydrogens is 300 g/mol. The molecule has 0 aliphatic carbocycles. The van der Waals surface area contributed by atoms with Gasteiger partial charge in [-0.3, -0.25) is 13.9 Å². The van der Waals surface area contributed by atoms with Gasteiger partial charge < -0.3 is 0 Å². The van der Waals surface area contributed by atoms with E-state index in [1.54, 1.807) is 13.1 Å². The van der Waals surface area contributed by atoms with E-state index in [-0.39, 0.29) is 16.0 Å². The predicted molar refractivity (Wildman–Crippen MR) is 87.2 cm³/mol. The second kappa shape index (κ2) is 5.38. The highest BCUT2D eigenvalue weighted by molar-refractivity contribution is 7.85. The Balaban J connectivity index is 2.49. The minimum absolute atomic E-state index is 0.212. The van der Waals surface area contributed by atoms with Gasteiger partial charge in [-0.15, -0.1) is 11.3 Å². The Labute approximate surface area is 125 Å². The van der Waals surface area contributed by atoms with Crippen LogP contribution >= 0.6 is 36.6 Å². The predicted octanol–water partition coefficient (Wildman–Crippen LogP) is 1.77. The fourth-order valence-electron chi connectivity index (χ4n) is 1.85. The van der Waals surface area contributed by atoms with E-state index < -0.39 is 0 Å². The van der Waals surface area contributed by atoms with Crippen LogP contribution in [0.4, 0.5) is 0 Å². The summed E-state index contributed by atoms with van der Waals surface area (Å²) in [4.78, 5) is 24.5. The first-order valence-electron chi connectivity index (χ1n) is 5.87. The van der Waals surface area contributed by atoms with Crippen molar-refractivity contribution in [1.82, 2.24) is 9.13 Å². The van der Waals surface area contributed by atoms with Crippen LogP contribution in [0.1, 0.15) is 13.3 Å². The van der Waals surface area contributed by atoms with Crippen molar-refractivity contribution in [1.29, 1.82) is 0 Å². The number of nitrogens with zero attached hydrogens (tertiary/aromatic N) is 2. The van der Waals surface area contributed by atoms with E-state index in [1.807, 2.05) is 12.3 Å². The summed E-state index contributed by atoms with van der Waals surface area (Å²) in [7, 11) is 1.69. The largest absolute Gasteiger partial charge is 0.331 e. The fraction of sp³-hybridized carbons (Fsp3) is 0.500. The first-order valence-corrected chi connectivity index (χ1v) is 7.83. The average molecular weight is 316 g/mol. The zero-order valence-corrected chi connectivity index (χ0v) is 13.4. The van der Waals surface area contributed by atoms with Gasteiger partial charge in [-0.25, -0.2) is 4.79 Å². The molecule has 2 aromatic heterocycles. The first kappa shape index (κ1) is 14.7. The van der Waals surface area contributed by atoms with Crippen LogP contribution in [0, 0.1) is 0 Å². The van der Waals surface area contributed by atoms with Gasteiger partial charge in [0.25, 0.3) is 5.56 Å². The van der Waals surface area contributed by atoms with Gasteiger partial charge in [0.05, 0.1) is 5.52 Å². The van der Waals surface area contributed by atoms with Crippen LogP contribution in [0.5, 0.6) is 0 Å². The molecule has 104 valence electrons. The molecule has 1 unspecified atom stereocenters. The second-order valence-electron chi connectivity index (χ2n) is 4.84. The lowest BCUT2D eigenvalue weighted by atomic mass is 10.1. The summed E-state index contributed by atoms with van der Waals surface area (Å²) in [5, 5.41) is 1.83. The van der Waals surface area contributed by atoms with E-state index in [4.69, 9.17) is 0 Å². The van der Waals surface area contributed by atoms with Crippen molar-refractivity contribution in [2.24, 2.45) is 7.05 Å². The van der Waals surface area contributed by atoms with E-state index in [2.05, 4.69) is 25.3 Å². The first-order chi connectivity index (χ1) is 8.87. The maximum absolute atomic E-state index is 12.3. The van der Waals surface area contributed by atoms with Crippen LogP contribution in [0.2, 0.25) is 0 Å². The average Bonchev–Trinajstić information content (AvgIpc) is 2.85. The number of thiophene rings is 1. The summed E-state index contributed by atoms with van der Waals surface area (Å²) in [5.41, 5.74) is 0.203. The lowest BCUT2D eigenvalue weighted by Gasteiger charge is -2.21. The molecule has 0 saturated carbocycles. The zero-order chi connectivity index (χ0) is 14.2. The molecule has 4 nitrogen and oxygen atoms in total. The number of thiol groups is 2. The highest BCUT2D eigenvalue weighted by Gasteiger charge is 2.19. The van der Waals surface area contributed by atoms with Crippen LogP contribution in [0.3, 0.4) is 0 Å². The SMILES string of the molecule is Cn1c(=O)n(CCC(C)(S)CS)c(=O)c2sccc21. The standard InChI is InChI=1S/C12H16N2O2S3/c1-12(18,7-17)4-5-14-10(15)9-8(3-6-19-9)13(2)11(14)16/h3,6,17-18H,4-5,7H2,1-2H3. The van der Waals surface area contributed by atoms with Crippen LogP contribution in [0.15, 0.2) is 21.0 Å². The van der Waals surface area contributed by atoms with Crippen molar-refractivity contribution in [3.63, 3.8) is 0 Å². The smallest absolute Gasteiger partial charge is 0.295 e. The number of hydrogen-bond donors (Lipinski definition) is 2. The molecule has 0 N–H and O–H groups in total. The summed E-state index contributed by atoms with van der Waals surface area (Å²) in [6, 6.07) is 1.80. The number of fused-ring (bicyclic) bond motifs is 1. The van der Waals surface area contributed by atoms with Gasteiger partial charge in [-0.2, -0.15) is 25.3 Å². The lowest BCUT2D eigenvalue weighted by molar-refractivity contribution is 0.524. The number of aryl methyl sites for hydroxylation is 1. The number of hydrogen-bond acceptors (Lipinski definition) is 5. The topological polar surface area (TPSA) is 44.0 Å². The third-order valence-corrected chi connectivity index (χ3v) is 5.40. The van der Waals surface area contributed by atoms with Gasteiger partial charge in [0, 0.05) is 24.1 Å². The van der Waals surface area contributed by atoms with Crippen LogP contribution < -0.4 is 11.2 Å². The minimum atomic E-state index is -0.294. The van der Waals surface area contributed by atoms with Gasteiger partial charge in [-0.05, 0) is 24.8 Å². The molecule has 0 aliphatic heterocycles. The van der Waals surface area contributed by atoms with Crippen molar-refractivity contribution in [3.8, 4) is 0 Å². The normalized spacial score (nSPS) is 14.7. The van der Waals surface area contributed by atoms with E-state index in [9.17, 15) is 9.59 Å². The molecule has 0 amide bonds. The molecule has 0 saturated heterocycles. The van der Waals surface area contributed by atoms with Crippen LogP contribution in [0.25, 0.3) is 10.2 Å². The van der Waals surface area contributed by atoms with E-state index in [0.717, 1.165) is 0 Å². The van der Waals surface area contributed by atoms with Gasteiger partial charge in [0.2, 0.25) is 0 Å². The van der Waals surface area contributed by atoms with Crippen LogP contribution in [-0.4, -0.2) is 19.6 Å². The highest BCUT2D eigenvalue weighted by Crippen LogP contribution is 2.20. The Morgan fingerprint density at radius 1 is 1.42 bits per heavy atom. The summed E-state index contributed by atoms with van der Waals surface area (Å²) in [6.07, 6.45) is 0.617. The molecule has 2 rings (SSSR count). The van der Waals surface area contributed by atoms with Crippen molar-refractivity contribution in [2.45, 2.75) is 24.6 Å². The Bertz CT molecular complexity index is 712. The molecule has 0 radical (unpaired) electrons. The molecule has 0 spiro atoms. The minimum Gasteiger partial charge on any atom is -0.295 e. The summed E-state index contributed by atoms with van der Waals surface area (Å²) in [5.74, 6) is 0.590. The molecule has 1 atom stereocenters. The molecule has 2 heterocycles. The Morgan fingerprint density at radius 2 is 2.11 bits per heavy atom. The molecule has 2 aromatic rings. The van der Waals surface area contributed by atoms with E-state index in [0.29, 0.717) is 28.9 Å². The Hall–Kier alpha value is -0.660. The summed E-state index contributed by atoms with van der Waals surface area (Å²) >= 11 is 10.1. The fourth-order valence-corrected chi connectivity index (χ4v) is 2.98. The van der Waals surface area contributed by atoms with Gasteiger partial charge in [0.15, 0.2) is 0 Å². The van der Waals surface area contributed by atoms with Gasteiger partial charge in [0.1, 0.15) is 4.70 Å². The van der Waals surface area contributed by atoms with E-state index in [1.165, 1.54) is 20.5 Å². The highest BCUT2D eigenvalue weighted by atomic mass is 32.1. The second-order valence-corrected chi connectivity index (χ2v) is 7.15. The molecule has 7 heteroatoms. The third-order valence-electron chi connectivity index (χ3n) is 3.18. The Kier molecular flexibility index (Phi) is 4.17. The summed E-state index contributed by atoms with van der Waals surface area (Å²) < 4.78 is 3.13. The van der Waals surface area contributed by atoms with Gasteiger partial charge >= 0.3 is 5.69 Å². The molecule has 0 aliphatic rings. The van der Waals surface area contributed by atoms with Gasteiger partial charge in [-0.1, -0.05) is 0 Å². The Morgan fingerprint density at radius 3 is 2.74 bits per heavy atom. The molecular formula is C12H16N2O2S3. The molecule has 19 heavy (non-hydrogen) atoms. The maximum atomic E-state index is 12.3. The molecule has 0 bridgehead atoms. The number of aromatic nitrogens is 2. The zero-order valence-electron chi connectivity index (χ0n) is 10.8. The maximum Gasteiger partial charge on any atom is 0.331 e. The van der Waals surface area contributed by atoms with Crippen LogP contribution in [-0.2, 0) is 13.6 Å². The third kappa shape index (κ3) is 2.78. The van der Waals surface area contributed by atoms with Crippen molar-refractivity contribution in [3.05, 3.63) is 32.3 Å². The number of rotatable bonds is 4. The van der Waals surface area contributed by atoms with Crippen molar-refractivity contribution in [2.75, 3.05) is 5.75 Å². The van der Waals surface area contributed by atoms with E-state index >= 15 is 0 Å². The summed E-state index contributed by atoms with van der Waals surface area (Å²) in [6.45, 7) is 2.31. The molecule has 0 aromatic carbocycles. The molecule has 0 fully saturated rings. The quantitative estimate of drug-likeness (QED) is 0.845. The lowest BCUT2D eigenvalue weighted by Crippen LogP contribution is -2.40. The van der Waals surface area contributed by atoms with Crippen molar-refractivity contribution < 1.29 is 0 Å². The monoisotopic (exact) mass is 316 g/mol.